The van der Waals surface area contributed by atoms with E-state index >= 15 is 0 Å². The Bertz CT molecular complexity index is 831. The molecule has 7 heteroatoms. The van der Waals surface area contributed by atoms with Crippen molar-refractivity contribution in [1.29, 1.82) is 0 Å². The quantitative estimate of drug-likeness (QED) is 0.683. The fraction of sp³-hybridized carbons (Fsp3) is 0.278. The SMILES string of the molecule is O=C(Nc1ccc(-c2ncc[nH]2)cc1)c1ccn(C2CCCNC2)n1. The number of piperidine rings is 1. The number of H-pyrrole nitrogens is 1. The van der Waals surface area contributed by atoms with Gasteiger partial charge in [-0.2, -0.15) is 5.10 Å². The number of imidazole rings is 1. The van der Waals surface area contributed by atoms with Crippen molar-refractivity contribution in [1.82, 2.24) is 25.1 Å². The Morgan fingerprint density at radius 2 is 2.12 bits per heavy atom. The van der Waals surface area contributed by atoms with Crippen molar-refractivity contribution >= 4 is 11.6 Å². The normalized spacial score (nSPS) is 17.4. The van der Waals surface area contributed by atoms with Crippen molar-refractivity contribution in [2.75, 3.05) is 18.4 Å². The molecule has 1 unspecified atom stereocenters. The van der Waals surface area contributed by atoms with Gasteiger partial charge in [-0.05, 0) is 49.7 Å². The molecule has 1 fully saturated rings. The molecule has 1 aliphatic rings. The molecule has 1 amide bonds. The Kier molecular flexibility index (Phi) is 4.30. The van der Waals surface area contributed by atoms with Gasteiger partial charge in [0.15, 0.2) is 5.69 Å². The number of nitrogens with one attached hydrogen (secondary N) is 3. The Morgan fingerprint density at radius 3 is 2.84 bits per heavy atom. The van der Waals surface area contributed by atoms with Gasteiger partial charge >= 0.3 is 0 Å². The van der Waals surface area contributed by atoms with Crippen LogP contribution in [0.15, 0.2) is 48.9 Å². The van der Waals surface area contributed by atoms with Crippen LogP contribution in [0.25, 0.3) is 11.4 Å². The van der Waals surface area contributed by atoms with Crippen LogP contribution in [-0.2, 0) is 0 Å². The molecule has 1 aromatic carbocycles. The van der Waals surface area contributed by atoms with E-state index in [1.165, 1.54) is 0 Å². The molecule has 0 saturated carbocycles. The Labute approximate surface area is 145 Å². The second-order valence-electron chi connectivity index (χ2n) is 6.15. The number of benzene rings is 1. The summed E-state index contributed by atoms with van der Waals surface area (Å²) in [6.45, 7) is 1.95. The van der Waals surface area contributed by atoms with Gasteiger partial charge in [-0.1, -0.05) is 0 Å². The third kappa shape index (κ3) is 3.46. The molecule has 7 nitrogen and oxygen atoms in total. The van der Waals surface area contributed by atoms with Gasteiger partial charge in [0.25, 0.3) is 5.91 Å². The lowest BCUT2D eigenvalue weighted by atomic mass is 10.1. The van der Waals surface area contributed by atoms with Gasteiger partial charge in [-0.3, -0.25) is 9.48 Å². The van der Waals surface area contributed by atoms with Gasteiger partial charge < -0.3 is 15.6 Å². The summed E-state index contributed by atoms with van der Waals surface area (Å²) in [5, 5.41) is 10.7. The van der Waals surface area contributed by atoms with Crippen molar-refractivity contribution in [3.05, 3.63) is 54.6 Å². The number of nitrogens with zero attached hydrogens (tertiary/aromatic N) is 3. The Morgan fingerprint density at radius 1 is 1.24 bits per heavy atom. The summed E-state index contributed by atoms with van der Waals surface area (Å²) in [4.78, 5) is 19.7. The first-order valence-electron chi connectivity index (χ1n) is 8.46. The number of amides is 1. The fourth-order valence-corrected chi connectivity index (χ4v) is 3.05. The first-order valence-corrected chi connectivity index (χ1v) is 8.46. The Balaban J connectivity index is 1.42. The number of anilines is 1. The molecular formula is C18H20N6O. The highest BCUT2D eigenvalue weighted by Gasteiger charge is 2.17. The van der Waals surface area contributed by atoms with Crippen LogP contribution in [0.1, 0.15) is 29.4 Å². The number of rotatable bonds is 4. The van der Waals surface area contributed by atoms with Crippen molar-refractivity contribution in [3.8, 4) is 11.4 Å². The van der Waals surface area contributed by atoms with Gasteiger partial charge in [0.05, 0.1) is 6.04 Å². The average Bonchev–Trinajstić information content (AvgIpc) is 3.35. The third-order valence-corrected chi connectivity index (χ3v) is 4.40. The fourth-order valence-electron chi connectivity index (χ4n) is 3.05. The molecule has 3 N–H and O–H groups in total. The second kappa shape index (κ2) is 6.90. The van der Waals surface area contributed by atoms with Gasteiger partial charge in [-0.15, -0.1) is 0 Å². The molecule has 0 spiro atoms. The Hall–Kier alpha value is -2.93. The number of carbonyl (C=O) groups is 1. The van der Waals surface area contributed by atoms with E-state index < -0.39 is 0 Å². The first kappa shape index (κ1) is 15.6. The molecule has 3 heterocycles. The third-order valence-electron chi connectivity index (χ3n) is 4.40. The van der Waals surface area contributed by atoms with Crippen molar-refractivity contribution in [3.63, 3.8) is 0 Å². The largest absolute Gasteiger partial charge is 0.345 e. The smallest absolute Gasteiger partial charge is 0.276 e. The summed E-state index contributed by atoms with van der Waals surface area (Å²) < 4.78 is 1.89. The minimum atomic E-state index is -0.201. The van der Waals surface area contributed by atoms with E-state index in [0.29, 0.717) is 11.7 Å². The molecule has 25 heavy (non-hydrogen) atoms. The van der Waals surface area contributed by atoms with Crippen LogP contribution in [0.5, 0.6) is 0 Å². The van der Waals surface area contributed by atoms with Crippen LogP contribution in [0.4, 0.5) is 5.69 Å². The summed E-state index contributed by atoms with van der Waals surface area (Å²) in [5.74, 6) is 0.603. The zero-order valence-electron chi connectivity index (χ0n) is 13.8. The molecule has 2 aromatic heterocycles. The molecule has 0 aliphatic carbocycles. The molecule has 1 atom stereocenters. The number of hydrogen-bond donors (Lipinski definition) is 3. The minimum Gasteiger partial charge on any atom is -0.345 e. The molecule has 3 aromatic rings. The number of aromatic nitrogens is 4. The number of aromatic amines is 1. The molecule has 4 rings (SSSR count). The lowest BCUT2D eigenvalue weighted by Gasteiger charge is -2.22. The maximum absolute atomic E-state index is 12.4. The molecule has 0 radical (unpaired) electrons. The highest BCUT2D eigenvalue weighted by molar-refractivity contribution is 6.02. The highest BCUT2D eigenvalue weighted by Crippen LogP contribution is 2.19. The van der Waals surface area contributed by atoms with E-state index in [4.69, 9.17) is 0 Å². The summed E-state index contributed by atoms with van der Waals surface area (Å²) in [6, 6.07) is 9.64. The molecule has 0 bridgehead atoms. The molecule has 1 saturated heterocycles. The van der Waals surface area contributed by atoms with Crippen molar-refractivity contribution in [2.45, 2.75) is 18.9 Å². The van der Waals surface area contributed by atoms with Gasteiger partial charge in [0, 0.05) is 36.4 Å². The molecule has 128 valence electrons. The second-order valence-corrected chi connectivity index (χ2v) is 6.15. The number of hydrogen-bond acceptors (Lipinski definition) is 4. The van der Waals surface area contributed by atoms with E-state index in [1.54, 1.807) is 18.5 Å². The van der Waals surface area contributed by atoms with E-state index in [9.17, 15) is 4.79 Å². The van der Waals surface area contributed by atoms with Crippen LogP contribution >= 0.6 is 0 Å². The van der Waals surface area contributed by atoms with Crippen LogP contribution in [-0.4, -0.2) is 38.7 Å². The summed E-state index contributed by atoms with van der Waals surface area (Å²) in [7, 11) is 0. The van der Waals surface area contributed by atoms with E-state index in [1.807, 2.05) is 35.1 Å². The van der Waals surface area contributed by atoms with Crippen LogP contribution in [0.3, 0.4) is 0 Å². The standard InChI is InChI=1S/C18H20N6O/c25-18(16-7-11-24(23-16)15-2-1-8-19-12-15)22-14-5-3-13(4-6-14)17-20-9-10-21-17/h3-7,9-11,15,19H,1-2,8,12H2,(H,20,21)(H,22,25). The predicted octanol–water partition coefficient (Wildman–Crippen LogP) is 2.45. The minimum absolute atomic E-state index is 0.201. The lowest BCUT2D eigenvalue weighted by Crippen LogP contribution is -2.32. The van der Waals surface area contributed by atoms with Crippen molar-refractivity contribution < 1.29 is 4.79 Å². The number of carbonyl (C=O) groups excluding carboxylic acids is 1. The molecular weight excluding hydrogens is 316 g/mol. The summed E-state index contributed by atoms with van der Waals surface area (Å²) in [5.41, 5.74) is 2.13. The predicted molar refractivity (Wildman–Crippen MR) is 95.3 cm³/mol. The lowest BCUT2D eigenvalue weighted by molar-refractivity contribution is 0.102. The van der Waals surface area contributed by atoms with E-state index in [0.717, 1.165) is 43.0 Å². The first-order chi connectivity index (χ1) is 12.3. The van der Waals surface area contributed by atoms with E-state index in [2.05, 4.69) is 25.7 Å². The topological polar surface area (TPSA) is 87.6 Å². The van der Waals surface area contributed by atoms with Crippen LogP contribution < -0.4 is 10.6 Å². The maximum Gasteiger partial charge on any atom is 0.276 e. The van der Waals surface area contributed by atoms with Crippen LogP contribution in [0, 0.1) is 0 Å². The summed E-state index contributed by atoms with van der Waals surface area (Å²) in [6.07, 6.45) is 7.59. The zero-order valence-corrected chi connectivity index (χ0v) is 13.8. The van der Waals surface area contributed by atoms with Gasteiger partial charge in [0.1, 0.15) is 5.82 Å². The van der Waals surface area contributed by atoms with E-state index in [-0.39, 0.29) is 5.91 Å². The van der Waals surface area contributed by atoms with Gasteiger partial charge in [0.2, 0.25) is 0 Å². The maximum atomic E-state index is 12.4. The molecule has 1 aliphatic heterocycles. The summed E-state index contributed by atoms with van der Waals surface area (Å²) >= 11 is 0. The highest BCUT2D eigenvalue weighted by atomic mass is 16.1. The average molecular weight is 336 g/mol. The monoisotopic (exact) mass is 336 g/mol. The van der Waals surface area contributed by atoms with Crippen LogP contribution in [0.2, 0.25) is 0 Å². The van der Waals surface area contributed by atoms with Gasteiger partial charge in [-0.25, -0.2) is 4.98 Å². The van der Waals surface area contributed by atoms with Crippen molar-refractivity contribution in [2.24, 2.45) is 0 Å². The zero-order chi connectivity index (χ0) is 17.1.